The fraction of sp³-hybridized carbons (Fsp3) is 0.379. The molecular weight excluding hydrogens is 362 g/mol. The third-order valence-corrected chi connectivity index (χ3v) is 6.40. The highest BCUT2D eigenvalue weighted by molar-refractivity contribution is 6.08. The van der Waals surface area contributed by atoms with Crippen molar-refractivity contribution in [2.75, 3.05) is 0 Å². The Morgan fingerprint density at radius 1 is 0.700 bits per heavy atom. The number of aryl methyl sites for hydroxylation is 1. The number of aromatic nitrogens is 1. The minimum absolute atomic E-state index is 0.134. The lowest BCUT2D eigenvalue weighted by Gasteiger charge is -2.32. The second kappa shape index (κ2) is 7.30. The fourth-order valence-corrected chi connectivity index (χ4v) is 4.95. The van der Waals surface area contributed by atoms with Gasteiger partial charge in [0.2, 0.25) is 0 Å². The lowest BCUT2D eigenvalue weighted by Crippen LogP contribution is -2.19. The molecule has 0 bridgehead atoms. The fourth-order valence-electron chi connectivity index (χ4n) is 4.95. The van der Waals surface area contributed by atoms with Gasteiger partial charge in [-0.2, -0.15) is 0 Å². The van der Waals surface area contributed by atoms with Gasteiger partial charge in [-0.1, -0.05) is 84.0 Å². The van der Waals surface area contributed by atoms with E-state index in [0.29, 0.717) is 5.92 Å². The first-order valence-electron chi connectivity index (χ1n) is 11.2. The topological polar surface area (TPSA) is 4.93 Å². The molecule has 0 fully saturated rings. The van der Waals surface area contributed by atoms with Gasteiger partial charge in [0.05, 0.1) is 0 Å². The van der Waals surface area contributed by atoms with Gasteiger partial charge < -0.3 is 4.57 Å². The highest BCUT2D eigenvalue weighted by Gasteiger charge is 2.28. The summed E-state index contributed by atoms with van der Waals surface area (Å²) in [7, 11) is 0. The summed E-state index contributed by atoms with van der Waals surface area (Å²) in [6, 6.07) is 25.1. The Morgan fingerprint density at radius 2 is 1.30 bits per heavy atom. The minimum atomic E-state index is 0.134. The van der Waals surface area contributed by atoms with Gasteiger partial charge in [-0.15, -0.1) is 0 Å². The molecular formula is C29H35N. The van der Waals surface area contributed by atoms with Crippen LogP contribution in [0.1, 0.15) is 71.1 Å². The molecule has 0 amide bonds. The van der Waals surface area contributed by atoms with Crippen LogP contribution in [-0.2, 0) is 12.0 Å². The van der Waals surface area contributed by atoms with Crippen molar-refractivity contribution in [1.82, 2.24) is 4.57 Å². The molecule has 0 saturated carbocycles. The minimum Gasteiger partial charge on any atom is -0.341 e. The van der Waals surface area contributed by atoms with Crippen molar-refractivity contribution in [1.29, 1.82) is 0 Å². The highest BCUT2D eigenvalue weighted by Crippen LogP contribution is 2.42. The maximum Gasteiger partial charge on any atom is 0.0491 e. The van der Waals surface area contributed by atoms with E-state index in [0.717, 1.165) is 6.54 Å². The van der Waals surface area contributed by atoms with E-state index in [1.807, 2.05) is 0 Å². The van der Waals surface area contributed by atoms with E-state index in [1.165, 1.54) is 38.5 Å². The summed E-state index contributed by atoms with van der Waals surface area (Å²) in [6.45, 7) is 17.2. The van der Waals surface area contributed by atoms with Crippen molar-refractivity contribution in [3.8, 4) is 0 Å². The van der Waals surface area contributed by atoms with Gasteiger partial charge in [-0.3, -0.25) is 0 Å². The quantitative estimate of drug-likeness (QED) is 0.328. The molecule has 4 rings (SSSR count). The van der Waals surface area contributed by atoms with Crippen molar-refractivity contribution >= 4 is 21.8 Å². The summed E-state index contributed by atoms with van der Waals surface area (Å²) in [5.41, 5.74) is 7.13. The van der Waals surface area contributed by atoms with Crippen LogP contribution in [0.2, 0.25) is 0 Å². The highest BCUT2D eigenvalue weighted by atomic mass is 15.0. The summed E-state index contributed by atoms with van der Waals surface area (Å²) in [5, 5.41) is 2.75. The maximum atomic E-state index is 2.46. The molecule has 30 heavy (non-hydrogen) atoms. The molecule has 0 saturated heterocycles. The molecule has 1 aromatic heterocycles. The summed E-state index contributed by atoms with van der Waals surface area (Å²) in [6.07, 6.45) is 0. The molecule has 1 heterocycles. The Morgan fingerprint density at radius 3 is 1.87 bits per heavy atom. The average Bonchev–Trinajstić information content (AvgIpc) is 2.99. The Balaban J connectivity index is 2.00. The monoisotopic (exact) mass is 397 g/mol. The lowest BCUT2D eigenvalue weighted by atomic mass is 9.72. The Kier molecular flexibility index (Phi) is 5.04. The van der Waals surface area contributed by atoms with Crippen molar-refractivity contribution in [2.45, 2.75) is 66.3 Å². The molecule has 1 atom stereocenters. The van der Waals surface area contributed by atoms with Gasteiger partial charge in [0.25, 0.3) is 0 Å². The molecule has 3 aromatic carbocycles. The van der Waals surface area contributed by atoms with Crippen LogP contribution in [0.15, 0.2) is 66.7 Å². The molecule has 156 valence electrons. The van der Waals surface area contributed by atoms with Gasteiger partial charge in [0, 0.05) is 34.3 Å². The van der Waals surface area contributed by atoms with Crippen LogP contribution in [0.25, 0.3) is 21.8 Å². The molecule has 0 spiro atoms. The molecule has 0 radical (unpaired) electrons. The Bertz CT molecular complexity index is 1180. The molecule has 0 aliphatic heterocycles. The summed E-state index contributed by atoms with van der Waals surface area (Å²) < 4.78 is 2.45. The van der Waals surface area contributed by atoms with Crippen LogP contribution in [-0.4, -0.2) is 4.57 Å². The zero-order valence-corrected chi connectivity index (χ0v) is 19.6. The van der Waals surface area contributed by atoms with Gasteiger partial charge in [-0.25, -0.2) is 0 Å². The van der Waals surface area contributed by atoms with Gasteiger partial charge in [-0.05, 0) is 58.7 Å². The molecule has 1 nitrogen and oxygen atoms in total. The summed E-state index contributed by atoms with van der Waals surface area (Å²) in [4.78, 5) is 0. The van der Waals surface area contributed by atoms with Crippen LogP contribution in [0.4, 0.5) is 0 Å². The normalized spacial score (nSPS) is 13.8. The van der Waals surface area contributed by atoms with E-state index in [2.05, 4.69) is 120 Å². The zero-order chi connectivity index (χ0) is 21.7. The predicted octanol–water partition coefficient (Wildman–Crippen LogP) is 8.29. The average molecular weight is 398 g/mol. The molecule has 4 aromatic rings. The number of rotatable bonds is 3. The van der Waals surface area contributed by atoms with E-state index in [4.69, 9.17) is 0 Å². The van der Waals surface area contributed by atoms with Crippen molar-refractivity contribution in [2.24, 2.45) is 5.41 Å². The van der Waals surface area contributed by atoms with Gasteiger partial charge in [0.15, 0.2) is 0 Å². The smallest absolute Gasteiger partial charge is 0.0491 e. The first-order chi connectivity index (χ1) is 14.1. The third-order valence-electron chi connectivity index (χ3n) is 6.40. The van der Waals surface area contributed by atoms with Crippen LogP contribution < -0.4 is 0 Å². The largest absolute Gasteiger partial charge is 0.341 e. The zero-order valence-electron chi connectivity index (χ0n) is 19.6. The lowest BCUT2D eigenvalue weighted by molar-refractivity contribution is 0.359. The molecule has 1 heteroatoms. The third kappa shape index (κ3) is 3.55. The number of hydrogen-bond donors (Lipinski definition) is 0. The predicted molar refractivity (Wildman–Crippen MR) is 132 cm³/mol. The van der Waals surface area contributed by atoms with E-state index in [9.17, 15) is 0 Å². The molecule has 0 aliphatic rings. The summed E-state index contributed by atoms with van der Waals surface area (Å²) in [5.74, 6) is 0.355. The SMILES string of the molecule is CCn1c2ccc(C(c3ccccc3)C(C)(C)C)cc2c2cc(C(C)(C)C)ccc21. The van der Waals surface area contributed by atoms with E-state index < -0.39 is 0 Å². The van der Waals surface area contributed by atoms with Crippen molar-refractivity contribution < 1.29 is 0 Å². The number of benzene rings is 3. The van der Waals surface area contributed by atoms with Crippen LogP contribution >= 0.6 is 0 Å². The first kappa shape index (κ1) is 20.7. The van der Waals surface area contributed by atoms with Crippen LogP contribution in [0.5, 0.6) is 0 Å². The van der Waals surface area contributed by atoms with Crippen molar-refractivity contribution in [3.05, 3.63) is 83.4 Å². The Labute approximate surface area is 181 Å². The molecule has 0 aliphatic carbocycles. The maximum absolute atomic E-state index is 2.46. The van der Waals surface area contributed by atoms with E-state index in [1.54, 1.807) is 0 Å². The second-order valence-corrected chi connectivity index (χ2v) is 10.7. The second-order valence-electron chi connectivity index (χ2n) is 10.7. The van der Waals surface area contributed by atoms with Crippen LogP contribution in [0.3, 0.4) is 0 Å². The van der Waals surface area contributed by atoms with E-state index in [-0.39, 0.29) is 10.8 Å². The first-order valence-corrected chi connectivity index (χ1v) is 11.2. The number of fused-ring (bicyclic) bond motifs is 3. The van der Waals surface area contributed by atoms with E-state index >= 15 is 0 Å². The Hall–Kier alpha value is -2.54. The van der Waals surface area contributed by atoms with Gasteiger partial charge >= 0.3 is 0 Å². The molecule has 0 N–H and O–H groups in total. The van der Waals surface area contributed by atoms with Crippen LogP contribution in [0, 0.1) is 5.41 Å². The van der Waals surface area contributed by atoms with Crippen molar-refractivity contribution in [3.63, 3.8) is 0 Å². The van der Waals surface area contributed by atoms with Gasteiger partial charge in [0.1, 0.15) is 0 Å². The summed E-state index contributed by atoms with van der Waals surface area (Å²) >= 11 is 0. The number of hydrogen-bond acceptors (Lipinski definition) is 0. The standard InChI is InChI=1S/C29H35N/c1-8-30-25-16-14-21(27(29(5,6)7)20-12-10-9-11-13-20)18-23(25)24-19-22(28(2,3)4)15-17-26(24)30/h9-19,27H,8H2,1-7H3. The number of nitrogens with zero attached hydrogens (tertiary/aromatic N) is 1. The molecule has 1 unspecified atom stereocenters.